The molecule has 1 aromatic rings. The van der Waals surface area contributed by atoms with Crippen LogP contribution >= 0.6 is 0 Å². The maximum atomic E-state index is 12.7. The summed E-state index contributed by atoms with van der Waals surface area (Å²) in [6.45, 7) is 2.75. The fourth-order valence-corrected chi connectivity index (χ4v) is 3.95. The molecular weight excluding hydrogens is 282 g/mol. The molecule has 20 heavy (non-hydrogen) atoms. The number of ether oxygens (including phenoxy) is 2. The predicted molar refractivity (Wildman–Crippen MR) is 72.0 cm³/mol. The van der Waals surface area contributed by atoms with E-state index in [9.17, 15) is 13.2 Å². The smallest absolute Gasteiger partial charge is 0.339 e. The first-order valence-corrected chi connectivity index (χ1v) is 7.69. The van der Waals surface area contributed by atoms with E-state index < -0.39 is 16.0 Å². The van der Waals surface area contributed by atoms with Crippen LogP contribution in [0.25, 0.3) is 0 Å². The zero-order chi connectivity index (χ0) is 14.8. The maximum Gasteiger partial charge on any atom is 0.339 e. The minimum atomic E-state index is -3.74. The van der Waals surface area contributed by atoms with E-state index >= 15 is 0 Å². The van der Waals surface area contributed by atoms with Crippen molar-refractivity contribution in [1.82, 2.24) is 4.31 Å². The number of rotatable bonds is 3. The predicted octanol–water partition coefficient (Wildman–Crippen LogP) is 0.883. The summed E-state index contributed by atoms with van der Waals surface area (Å²) < 4.78 is 36.6. The standard InChI is InChI=1S/C13H17NO5S/c1-10-9-19-8-7-14(10)20(16,17)12-6-4-3-5-11(12)13(15)18-2/h3-6,10H,7-9H2,1-2H3/t10-/m1/s1. The lowest BCUT2D eigenvalue weighted by molar-refractivity contribution is 0.0391. The van der Waals surface area contributed by atoms with E-state index in [0.717, 1.165) is 0 Å². The average Bonchev–Trinajstić information content (AvgIpc) is 2.46. The third-order valence-electron chi connectivity index (χ3n) is 3.19. The van der Waals surface area contributed by atoms with Crippen LogP contribution < -0.4 is 0 Å². The quantitative estimate of drug-likeness (QED) is 0.775. The van der Waals surface area contributed by atoms with Crippen molar-refractivity contribution >= 4 is 16.0 Å². The van der Waals surface area contributed by atoms with Gasteiger partial charge >= 0.3 is 5.97 Å². The lowest BCUT2D eigenvalue weighted by Gasteiger charge is -2.32. The first-order chi connectivity index (χ1) is 9.48. The van der Waals surface area contributed by atoms with Gasteiger partial charge in [-0.1, -0.05) is 12.1 Å². The summed E-state index contributed by atoms with van der Waals surface area (Å²) in [4.78, 5) is 11.7. The number of carbonyl (C=O) groups excluding carboxylic acids is 1. The number of esters is 1. The molecule has 6 nitrogen and oxygen atoms in total. The molecule has 1 aliphatic rings. The summed E-state index contributed by atoms with van der Waals surface area (Å²) in [5.41, 5.74) is 0.0497. The Balaban J connectivity index is 2.46. The zero-order valence-electron chi connectivity index (χ0n) is 11.4. The highest BCUT2D eigenvalue weighted by Gasteiger charge is 2.34. The number of sulfonamides is 1. The van der Waals surface area contributed by atoms with E-state index in [2.05, 4.69) is 4.74 Å². The third-order valence-corrected chi connectivity index (χ3v) is 5.26. The van der Waals surface area contributed by atoms with E-state index in [1.54, 1.807) is 19.1 Å². The van der Waals surface area contributed by atoms with Crippen molar-refractivity contribution in [2.75, 3.05) is 26.9 Å². The van der Waals surface area contributed by atoms with Crippen LogP contribution in [0.4, 0.5) is 0 Å². The highest BCUT2D eigenvalue weighted by molar-refractivity contribution is 7.89. The van der Waals surface area contributed by atoms with Crippen molar-refractivity contribution in [2.45, 2.75) is 17.9 Å². The van der Waals surface area contributed by atoms with Crippen molar-refractivity contribution in [3.63, 3.8) is 0 Å². The Morgan fingerprint density at radius 2 is 2.10 bits per heavy atom. The normalized spacial score (nSPS) is 20.6. The number of methoxy groups -OCH3 is 1. The van der Waals surface area contributed by atoms with Crippen LogP contribution in [0.1, 0.15) is 17.3 Å². The van der Waals surface area contributed by atoms with Gasteiger partial charge in [0.25, 0.3) is 0 Å². The van der Waals surface area contributed by atoms with E-state index in [0.29, 0.717) is 13.2 Å². The second kappa shape index (κ2) is 5.90. The SMILES string of the molecule is COC(=O)c1ccccc1S(=O)(=O)N1CCOC[C@H]1C. The van der Waals surface area contributed by atoms with E-state index in [4.69, 9.17) is 4.74 Å². The molecule has 110 valence electrons. The van der Waals surface area contributed by atoms with Gasteiger partial charge in [0.15, 0.2) is 0 Å². The van der Waals surface area contributed by atoms with Gasteiger partial charge in [-0.05, 0) is 19.1 Å². The maximum absolute atomic E-state index is 12.7. The monoisotopic (exact) mass is 299 g/mol. The van der Waals surface area contributed by atoms with Crippen molar-refractivity contribution < 1.29 is 22.7 Å². The van der Waals surface area contributed by atoms with Gasteiger partial charge in [-0.3, -0.25) is 0 Å². The van der Waals surface area contributed by atoms with Crippen LogP contribution in [0.15, 0.2) is 29.2 Å². The summed E-state index contributed by atoms with van der Waals surface area (Å²) in [7, 11) is -2.52. The Bertz CT molecular complexity index is 599. The molecule has 0 saturated carbocycles. The third kappa shape index (κ3) is 2.70. The van der Waals surface area contributed by atoms with Crippen molar-refractivity contribution in [3.05, 3.63) is 29.8 Å². The topological polar surface area (TPSA) is 72.9 Å². The molecule has 1 aromatic carbocycles. The van der Waals surface area contributed by atoms with Gasteiger partial charge < -0.3 is 9.47 Å². The molecule has 0 spiro atoms. The van der Waals surface area contributed by atoms with Crippen molar-refractivity contribution in [3.8, 4) is 0 Å². The highest BCUT2D eigenvalue weighted by Crippen LogP contribution is 2.24. The summed E-state index contributed by atoms with van der Waals surface area (Å²) in [5.74, 6) is -0.662. The second-order valence-corrected chi connectivity index (χ2v) is 6.39. The molecule has 0 aliphatic carbocycles. The van der Waals surface area contributed by atoms with Crippen LogP contribution in [-0.2, 0) is 19.5 Å². The number of carbonyl (C=O) groups is 1. The van der Waals surface area contributed by atoms with Gasteiger partial charge in [0.05, 0.1) is 30.8 Å². The minimum Gasteiger partial charge on any atom is -0.465 e. The highest BCUT2D eigenvalue weighted by atomic mass is 32.2. The zero-order valence-corrected chi connectivity index (χ0v) is 12.2. The molecule has 0 aromatic heterocycles. The van der Waals surface area contributed by atoms with Crippen molar-refractivity contribution in [1.29, 1.82) is 0 Å². The van der Waals surface area contributed by atoms with Gasteiger partial charge in [0, 0.05) is 12.6 Å². The van der Waals surface area contributed by atoms with Gasteiger partial charge in [0.1, 0.15) is 0 Å². The van der Waals surface area contributed by atoms with Crippen LogP contribution in [-0.4, -0.2) is 51.6 Å². The molecule has 0 unspecified atom stereocenters. The molecular formula is C13H17NO5S. The number of morpholine rings is 1. The molecule has 1 atom stereocenters. The fourth-order valence-electron chi connectivity index (χ4n) is 2.17. The molecule has 1 fully saturated rings. The van der Waals surface area contributed by atoms with Crippen LogP contribution in [0.2, 0.25) is 0 Å². The molecule has 7 heteroatoms. The van der Waals surface area contributed by atoms with E-state index in [1.165, 1.54) is 23.5 Å². The lowest BCUT2D eigenvalue weighted by Crippen LogP contribution is -2.47. The Labute approximate surface area is 118 Å². The van der Waals surface area contributed by atoms with E-state index in [1.807, 2.05) is 0 Å². The molecule has 2 rings (SSSR count). The van der Waals surface area contributed by atoms with Gasteiger partial charge in [-0.25, -0.2) is 13.2 Å². The number of hydrogen-bond acceptors (Lipinski definition) is 5. The molecule has 1 saturated heterocycles. The van der Waals surface area contributed by atoms with Crippen LogP contribution in [0.5, 0.6) is 0 Å². The van der Waals surface area contributed by atoms with Gasteiger partial charge in [0.2, 0.25) is 10.0 Å². The Kier molecular flexibility index (Phi) is 4.42. The number of nitrogens with zero attached hydrogens (tertiary/aromatic N) is 1. The molecule has 1 aliphatic heterocycles. The largest absolute Gasteiger partial charge is 0.465 e. The average molecular weight is 299 g/mol. The Morgan fingerprint density at radius 1 is 1.40 bits per heavy atom. The van der Waals surface area contributed by atoms with Gasteiger partial charge in [-0.15, -0.1) is 0 Å². The molecule has 0 radical (unpaired) electrons. The van der Waals surface area contributed by atoms with E-state index in [-0.39, 0.29) is 23.0 Å². The molecule has 0 amide bonds. The second-order valence-electron chi connectivity index (χ2n) is 4.53. The first-order valence-electron chi connectivity index (χ1n) is 6.25. The molecule has 1 heterocycles. The molecule has 0 N–H and O–H groups in total. The van der Waals surface area contributed by atoms with Gasteiger partial charge in [-0.2, -0.15) is 4.31 Å². The van der Waals surface area contributed by atoms with Crippen LogP contribution in [0.3, 0.4) is 0 Å². The minimum absolute atomic E-state index is 0.0272. The number of hydrogen-bond donors (Lipinski definition) is 0. The summed E-state index contributed by atoms with van der Waals surface area (Å²) in [6, 6.07) is 5.80. The van der Waals surface area contributed by atoms with Crippen molar-refractivity contribution in [2.24, 2.45) is 0 Å². The first kappa shape index (κ1) is 15.0. The summed E-state index contributed by atoms with van der Waals surface area (Å²) in [6.07, 6.45) is 0. The fraction of sp³-hybridized carbons (Fsp3) is 0.462. The number of benzene rings is 1. The Morgan fingerprint density at radius 3 is 2.75 bits per heavy atom. The Hall–Kier alpha value is -1.44. The summed E-state index contributed by atoms with van der Waals surface area (Å²) in [5, 5.41) is 0. The summed E-state index contributed by atoms with van der Waals surface area (Å²) >= 11 is 0. The molecule has 0 bridgehead atoms. The van der Waals surface area contributed by atoms with Crippen LogP contribution in [0, 0.1) is 0 Å². The lowest BCUT2D eigenvalue weighted by atomic mass is 10.2.